The molecule has 0 radical (unpaired) electrons. The third kappa shape index (κ3) is 3.54. The maximum absolute atomic E-state index is 11.8. The zero-order chi connectivity index (χ0) is 14.0. The second kappa shape index (κ2) is 5.40. The molecule has 0 aromatic heterocycles. The number of anilines is 1. The molecule has 1 unspecified atom stereocenters. The lowest BCUT2D eigenvalue weighted by Gasteiger charge is -2.12. The average Bonchev–Trinajstić information content (AvgIpc) is 3.15. The molecule has 5 nitrogen and oxygen atoms in total. The number of nitrogens with one attached hydrogen (secondary N) is 1. The first kappa shape index (κ1) is 13.5. The highest BCUT2D eigenvalue weighted by atomic mass is 16.2. The van der Waals surface area contributed by atoms with Crippen LogP contribution in [0.5, 0.6) is 0 Å². The van der Waals surface area contributed by atoms with Crippen molar-refractivity contribution in [1.82, 2.24) is 0 Å². The monoisotopic (exact) mass is 261 g/mol. The fraction of sp³-hybridized carbons (Fsp3) is 0.429. The van der Waals surface area contributed by atoms with Crippen LogP contribution in [0.25, 0.3) is 0 Å². The molecule has 2 amide bonds. The van der Waals surface area contributed by atoms with Gasteiger partial charge < -0.3 is 16.8 Å². The maximum atomic E-state index is 11.8. The molecule has 1 fully saturated rings. The van der Waals surface area contributed by atoms with Crippen LogP contribution in [0.4, 0.5) is 5.69 Å². The van der Waals surface area contributed by atoms with Crippen molar-refractivity contribution in [3.05, 3.63) is 29.3 Å². The van der Waals surface area contributed by atoms with Crippen LogP contribution in [0.2, 0.25) is 0 Å². The van der Waals surface area contributed by atoms with Crippen molar-refractivity contribution < 1.29 is 9.59 Å². The minimum atomic E-state index is -0.475. The predicted molar refractivity (Wildman–Crippen MR) is 73.6 cm³/mol. The minimum absolute atomic E-state index is 0.0507. The van der Waals surface area contributed by atoms with E-state index < -0.39 is 5.91 Å². The smallest absolute Gasteiger partial charge is 0.248 e. The van der Waals surface area contributed by atoms with Crippen molar-refractivity contribution in [1.29, 1.82) is 0 Å². The molecule has 1 saturated carbocycles. The van der Waals surface area contributed by atoms with Gasteiger partial charge in [0, 0.05) is 23.7 Å². The number of aryl methyl sites for hydroxylation is 1. The molecule has 19 heavy (non-hydrogen) atoms. The van der Waals surface area contributed by atoms with Crippen molar-refractivity contribution in [2.45, 2.75) is 32.2 Å². The Morgan fingerprint density at radius 3 is 2.63 bits per heavy atom. The second-order valence-electron chi connectivity index (χ2n) is 5.15. The number of carbonyl (C=O) groups excluding carboxylic acids is 2. The molecule has 2 rings (SSSR count). The van der Waals surface area contributed by atoms with Crippen molar-refractivity contribution in [2.24, 2.45) is 17.4 Å². The molecule has 102 valence electrons. The number of carbonyl (C=O) groups is 2. The summed E-state index contributed by atoms with van der Waals surface area (Å²) < 4.78 is 0. The highest BCUT2D eigenvalue weighted by Gasteiger charge is 2.29. The second-order valence-corrected chi connectivity index (χ2v) is 5.15. The Labute approximate surface area is 112 Å². The fourth-order valence-electron chi connectivity index (χ4n) is 2.06. The molecule has 0 saturated heterocycles. The molecule has 5 N–H and O–H groups in total. The molecule has 0 aliphatic heterocycles. The highest BCUT2D eigenvalue weighted by Crippen LogP contribution is 2.32. The van der Waals surface area contributed by atoms with E-state index in [0.29, 0.717) is 23.6 Å². The maximum Gasteiger partial charge on any atom is 0.248 e. The lowest BCUT2D eigenvalue weighted by molar-refractivity contribution is -0.116. The van der Waals surface area contributed by atoms with Crippen LogP contribution in [-0.2, 0) is 4.79 Å². The first-order valence-corrected chi connectivity index (χ1v) is 6.43. The number of nitrogens with two attached hydrogens (primary N) is 2. The summed E-state index contributed by atoms with van der Waals surface area (Å²) >= 11 is 0. The Balaban J connectivity index is 1.98. The van der Waals surface area contributed by atoms with Crippen LogP contribution in [0, 0.1) is 12.8 Å². The van der Waals surface area contributed by atoms with E-state index in [0.717, 1.165) is 18.4 Å². The van der Waals surface area contributed by atoms with Gasteiger partial charge >= 0.3 is 0 Å². The number of hydrogen-bond donors (Lipinski definition) is 3. The zero-order valence-corrected chi connectivity index (χ0v) is 11.0. The van der Waals surface area contributed by atoms with E-state index in [1.54, 1.807) is 18.2 Å². The Hall–Kier alpha value is -1.88. The summed E-state index contributed by atoms with van der Waals surface area (Å²) in [5, 5.41) is 2.82. The summed E-state index contributed by atoms with van der Waals surface area (Å²) in [5.41, 5.74) is 13.0. The molecule has 1 atom stereocenters. The Morgan fingerprint density at radius 1 is 1.42 bits per heavy atom. The van der Waals surface area contributed by atoms with Gasteiger partial charge in [0.05, 0.1) is 0 Å². The summed E-state index contributed by atoms with van der Waals surface area (Å²) in [6.45, 7) is 1.82. The third-order valence-corrected chi connectivity index (χ3v) is 3.43. The summed E-state index contributed by atoms with van der Waals surface area (Å²) in [7, 11) is 0. The Kier molecular flexibility index (Phi) is 3.85. The van der Waals surface area contributed by atoms with Gasteiger partial charge in [-0.3, -0.25) is 9.59 Å². The SMILES string of the molecule is Cc1cc(C(N)=O)ccc1NC(=O)CC(N)C1CC1. The number of rotatable bonds is 5. The molecular formula is C14H19N3O2. The van der Waals surface area contributed by atoms with Gasteiger partial charge in [-0.15, -0.1) is 0 Å². The van der Waals surface area contributed by atoms with Gasteiger partial charge in [0.2, 0.25) is 11.8 Å². The number of amides is 2. The van der Waals surface area contributed by atoms with Gasteiger partial charge in [0.25, 0.3) is 0 Å². The van der Waals surface area contributed by atoms with Gasteiger partial charge in [-0.05, 0) is 49.4 Å². The molecule has 1 aliphatic carbocycles. The van der Waals surface area contributed by atoms with E-state index in [1.807, 2.05) is 6.92 Å². The highest BCUT2D eigenvalue weighted by molar-refractivity contribution is 5.95. The number of hydrogen-bond acceptors (Lipinski definition) is 3. The lowest BCUT2D eigenvalue weighted by atomic mass is 10.1. The van der Waals surface area contributed by atoms with Crippen molar-refractivity contribution in [3.63, 3.8) is 0 Å². The molecular weight excluding hydrogens is 242 g/mol. The fourth-order valence-corrected chi connectivity index (χ4v) is 2.06. The van der Waals surface area contributed by atoms with Gasteiger partial charge in [-0.25, -0.2) is 0 Å². The quantitative estimate of drug-likeness (QED) is 0.741. The van der Waals surface area contributed by atoms with Gasteiger partial charge in [0.15, 0.2) is 0 Å². The molecule has 0 heterocycles. The van der Waals surface area contributed by atoms with E-state index in [-0.39, 0.29) is 11.9 Å². The van der Waals surface area contributed by atoms with E-state index in [9.17, 15) is 9.59 Å². The number of benzene rings is 1. The molecule has 1 aromatic carbocycles. The van der Waals surface area contributed by atoms with Crippen LogP contribution in [0.1, 0.15) is 35.2 Å². The Morgan fingerprint density at radius 2 is 2.11 bits per heavy atom. The van der Waals surface area contributed by atoms with E-state index in [4.69, 9.17) is 11.5 Å². The van der Waals surface area contributed by atoms with Gasteiger partial charge in [0.1, 0.15) is 0 Å². The van der Waals surface area contributed by atoms with Gasteiger partial charge in [-0.2, -0.15) is 0 Å². The zero-order valence-electron chi connectivity index (χ0n) is 11.0. The van der Waals surface area contributed by atoms with Crippen LogP contribution in [-0.4, -0.2) is 17.9 Å². The van der Waals surface area contributed by atoms with Crippen molar-refractivity contribution in [3.8, 4) is 0 Å². The van der Waals surface area contributed by atoms with Crippen LogP contribution >= 0.6 is 0 Å². The largest absolute Gasteiger partial charge is 0.366 e. The molecule has 0 spiro atoms. The minimum Gasteiger partial charge on any atom is -0.366 e. The summed E-state index contributed by atoms with van der Waals surface area (Å²) in [4.78, 5) is 22.9. The number of primary amides is 1. The first-order valence-electron chi connectivity index (χ1n) is 6.43. The summed E-state index contributed by atoms with van der Waals surface area (Å²) in [6, 6.07) is 4.91. The molecule has 0 bridgehead atoms. The molecule has 5 heteroatoms. The van der Waals surface area contributed by atoms with Crippen molar-refractivity contribution in [2.75, 3.05) is 5.32 Å². The standard InChI is InChI=1S/C14H19N3O2/c1-8-6-10(14(16)19)4-5-12(8)17-13(18)7-11(15)9-2-3-9/h4-6,9,11H,2-3,7,15H2,1H3,(H2,16,19)(H,17,18). The van der Waals surface area contributed by atoms with Crippen LogP contribution < -0.4 is 16.8 Å². The van der Waals surface area contributed by atoms with Crippen molar-refractivity contribution >= 4 is 17.5 Å². The normalized spacial score (nSPS) is 15.9. The third-order valence-electron chi connectivity index (χ3n) is 3.43. The van der Waals surface area contributed by atoms with Gasteiger partial charge in [-0.1, -0.05) is 0 Å². The lowest BCUT2D eigenvalue weighted by Crippen LogP contribution is -2.29. The molecule has 1 aliphatic rings. The first-order chi connectivity index (χ1) is 8.97. The molecule has 1 aromatic rings. The van der Waals surface area contributed by atoms with Crippen LogP contribution in [0.15, 0.2) is 18.2 Å². The van der Waals surface area contributed by atoms with E-state index >= 15 is 0 Å². The van der Waals surface area contributed by atoms with E-state index in [2.05, 4.69) is 5.32 Å². The Bertz CT molecular complexity index is 509. The summed E-state index contributed by atoms with van der Waals surface area (Å²) in [5.74, 6) is -0.0601. The topological polar surface area (TPSA) is 98.2 Å². The van der Waals surface area contributed by atoms with E-state index in [1.165, 1.54) is 0 Å². The van der Waals surface area contributed by atoms with Crippen LogP contribution in [0.3, 0.4) is 0 Å². The summed E-state index contributed by atoms with van der Waals surface area (Å²) in [6.07, 6.45) is 2.59. The predicted octanol–water partition coefficient (Wildman–Crippen LogP) is 1.16. The average molecular weight is 261 g/mol.